The Morgan fingerprint density at radius 3 is 2.42 bits per heavy atom. The van der Waals surface area contributed by atoms with Crippen LogP contribution in [0, 0.1) is 6.92 Å². The van der Waals surface area contributed by atoms with Crippen LogP contribution in [-0.2, 0) is 13.0 Å². The van der Waals surface area contributed by atoms with Crippen LogP contribution in [0.4, 0.5) is 0 Å². The SMILES string of the molecule is Cc1ccc(CNC(C)Cc2ccccc2Cl)cc1. The first-order valence-corrected chi connectivity index (χ1v) is 7.05. The Hall–Kier alpha value is -1.31. The molecule has 0 saturated heterocycles. The molecule has 0 aromatic heterocycles. The minimum absolute atomic E-state index is 0.404. The van der Waals surface area contributed by atoms with Gasteiger partial charge in [0.25, 0.3) is 0 Å². The highest BCUT2D eigenvalue weighted by Crippen LogP contribution is 2.16. The highest BCUT2D eigenvalue weighted by atomic mass is 35.5. The van der Waals surface area contributed by atoms with Crippen molar-refractivity contribution in [2.24, 2.45) is 0 Å². The van der Waals surface area contributed by atoms with Crippen LogP contribution in [0.3, 0.4) is 0 Å². The van der Waals surface area contributed by atoms with Crippen molar-refractivity contribution in [3.63, 3.8) is 0 Å². The average molecular weight is 274 g/mol. The molecule has 0 fully saturated rings. The molecule has 0 aliphatic heterocycles. The Morgan fingerprint density at radius 1 is 1.05 bits per heavy atom. The standard InChI is InChI=1S/C17H20ClN/c1-13-7-9-15(10-8-13)12-19-14(2)11-16-5-3-4-6-17(16)18/h3-10,14,19H,11-12H2,1-2H3. The van der Waals surface area contributed by atoms with Gasteiger partial charge in [-0.1, -0.05) is 59.6 Å². The molecule has 0 aliphatic rings. The summed E-state index contributed by atoms with van der Waals surface area (Å²) >= 11 is 6.18. The minimum Gasteiger partial charge on any atom is -0.310 e. The second kappa shape index (κ2) is 6.74. The summed E-state index contributed by atoms with van der Waals surface area (Å²) in [5.41, 5.74) is 3.82. The van der Waals surface area contributed by atoms with E-state index in [1.54, 1.807) is 0 Å². The van der Waals surface area contributed by atoms with E-state index in [1.807, 2.05) is 18.2 Å². The molecule has 2 rings (SSSR count). The quantitative estimate of drug-likeness (QED) is 0.853. The van der Waals surface area contributed by atoms with Crippen LogP contribution in [0.25, 0.3) is 0 Å². The maximum atomic E-state index is 6.18. The molecule has 0 radical (unpaired) electrons. The van der Waals surface area contributed by atoms with E-state index >= 15 is 0 Å². The normalized spacial score (nSPS) is 12.4. The first-order chi connectivity index (χ1) is 9.15. The van der Waals surface area contributed by atoms with Gasteiger partial charge in [-0.25, -0.2) is 0 Å². The molecule has 2 aromatic rings. The molecule has 0 bridgehead atoms. The predicted octanol–water partition coefficient (Wildman–Crippen LogP) is 4.37. The molecule has 0 heterocycles. The first kappa shape index (κ1) is 14.1. The lowest BCUT2D eigenvalue weighted by Gasteiger charge is -2.15. The van der Waals surface area contributed by atoms with Crippen LogP contribution in [0.15, 0.2) is 48.5 Å². The molecule has 1 unspecified atom stereocenters. The van der Waals surface area contributed by atoms with Gasteiger partial charge in [-0.15, -0.1) is 0 Å². The van der Waals surface area contributed by atoms with E-state index in [2.05, 4.69) is 49.5 Å². The van der Waals surface area contributed by atoms with Crippen molar-refractivity contribution in [3.05, 3.63) is 70.2 Å². The minimum atomic E-state index is 0.404. The Morgan fingerprint density at radius 2 is 1.74 bits per heavy atom. The number of hydrogen-bond acceptors (Lipinski definition) is 1. The maximum Gasteiger partial charge on any atom is 0.0438 e. The summed E-state index contributed by atoms with van der Waals surface area (Å²) in [5, 5.41) is 4.39. The van der Waals surface area contributed by atoms with Crippen LogP contribution in [0.1, 0.15) is 23.6 Å². The van der Waals surface area contributed by atoms with Gasteiger partial charge in [0, 0.05) is 17.6 Å². The molecule has 2 aromatic carbocycles. The predicted molar refractivity (Wildman–Crippen MR) is 82.6 cm³/mol. The van der Waals surface area contributed by atoms with E-state index in [-0.39, 0.29) is 0 Å². The molecular formula is C17H20ClN. The fraction of sp³-hybridized carbons (Fsp3) is 0.294. The van der Waals surface area contributed by atoms with Gasteiger partial charge >= 0.3 is 0 Å². The van der Waals surface area contributed by atoms with Crippen LogP contribution in [-0.4, -0.2) is 6.04 Å². The van der Waals surface area contributed by atoms with Crippen LogP contribution < -0.4 is 5.32 Å². The van der Waals surface area contributed by atoms with Gasteiger partial charge in [0.2, 0.25) is 0 Å². The van der Waals surface area contributed by atoms with Crippen LogP contribution >= 0.6 is 11.6 Å². The van der Waals surface area contributed by atoms with Gasteiger partial charge in [-0.2, -0.15) is 0 Å². The number of nitrogens with one attached hydrogen (secondary N) is 1. The molecule has 100 valence electrons. The van der Waals surface area contributed by atoms with Crippen LogP contribution in [0.5, 0.6) is 0 Å². The highest BCUT2D eigenvalue weighted by molar-refractivity contribution is 6.31. The summed E-state index contributed by atoms with van der Waals surface area (Å²) in [6.07, 6.45) is 0.950. The molecule has 2 heteroatoms. The zero-order valence-corrected chi connectivity index (χ0v) is 12.2. The molecule has 0 spiro atoms. The fourth-order valence-electron chi connectivity index (χ4n) is 2.06. The van der Waals surface area contributed by atoms with E-state index in [1.165, 1.54) is 16.7 Å². The molecule has 1 nitrogen and oxygen atoms in total. The smallest absolute Gasteiger partial charge is 0.0438 e. The van der Waals surface area contributed by atoms with Crippen molar-refractivity contribution in [1.82, 2.24) is 5.32 Å². The first-order valence-electron chi connectivity index (χ1n) is 6.67. The Kier molecular flexibility index (Phi) is 5.00. The lowest BCUT2D eigenvalue weighted by Crippen LogP contribution is -2.27. The number of halogens is 1. The summed E-state index contributed by atoms with van der Waals surface area (Å²) in [4.78, 5) is 0. The zero-order valence-electron chi connectivity index (χ0n) is 11.5. The molecule has 1 atom stereocenters. The average Bonchev–Trinajstić information content (AvgIpc) is 2.41. The van der Waals surface area contributed by atoms with Crippen LogP contribution in [0.2, 0.25) is 5.02 Å². The Labute approximate surface area is 120 Å². The van der Waals surface area contributed by atoms with Gasteiger partial charge in [0.1, 0.15) is 0 Å². The summed E-state index contributed by atoms with van der Waals surface area (Å²) < 4.78 is 0. The van der Waals surface area contributed by atoms with E-state index < -0.39 is 0 Å². The summed E-state index contributed by atoms with van der Waals surface area (Å²) in [7, 11) is 0. The lowest BCUT2D eigenvalue weighted by atomic mass is 10.1. The van der Waals surface area contributed by atoms with Gasteiger partial charge in [0.15, 0.2) is 0 Å². The molecule has 0 saturated carbocycles. The van der Waals surface area contributed by atoms with Gasteiger partial charge in [-0.05, 0) is 37.5 Å². The Balaban J connectivity index is 1.86. The highest BCUT2D eigenvalue weighted by Gasteiger charge is 2.05. The summed E-state index contributed by atoms with van der Waals surface area (Å²) in [6, 6.07) is 17.1. The maximum absolute atomic E-state index is 6.18. The molecule has 0 aliphatic carbocycles. The molecule has 0 amide bonds. The van der Waals surface area contributed by atoms with E-state index in [0.29, 0.717) is 6.04 Å². The monoisotopic (exact) mass is 273 g/mol. The fourth-order valence-corrected chi connectivity index (χ4v) is 2.28. The van der Waals surface area contributed by atoms with Crippen molar-refractivity contribution < 1.29 is 0 Å². The van der Waals surface area contributed by atoms with Crippen molar-refractivity contribution in [2.75, 3.05) is 0 Å². The molecule has 19 heavy (non-hydrogen) atoms. The van der Waals surface area contributed by atoms with Gasteiger partial charge in [0.05, 0.1) is 0 Å². The molecule has 1 N–H and O–H groups in total. The Bertz CT molecular complexity index is 519. The van der Waals surface area contributed by atoms with E-state index in [9.17, 15) is 0 Å². The van der Waals surface area contributed by atoms with Gasteiger partial charge < -0.3 is 5.32 Å². The summed E-state index contributed by atoms with van der Waals surface area (Å²) in [6.45, 7) is 5.20. The number of aryl methyl sites for hydroxylation is 1. The van der Waals surface area contributed by atoms with Crippen molar-refractivity contribution >= 4 is 11.6 Å². The van der Waals surface area contributed by atoms with E-state index in [4.69, 9.17) is 11.6 Å². The summed E-state index contributed by atoms with van der Waals surface area (Å²) in [5.74, 6) is 0. The third kappa shape index (κ3) is 4.38. The third-order valence-corrected chi connectivity index (χ3v) is 3.63. The topological polar surface area (TPSA) is 12.0 Å². The van der Waals surface area contributed by atoms with Crippen molar-refractivity contribution in [3.8, 4) is 0 Å². The third-order valence-electron chi connectivity index (χ3n) is 3.26. The second-order valence-corrected chi connectivity index (χ2v) is 5.47. The largest absolute Gasteiger partial charge is 0.310 e. The van der Waals surface area contributed by atoms with E-state index in [0.717, 1.165) is 18.0 Å². The number of rotatable bonds is 5. The van der Waals surface area contributed by atoms with Gasteiger partial charge in [-0.3, -0.25) is 0 Å². The molecular weight excluding hydrogens is 254 g/mol. The van der Waals surface area contributed by atoms with Crippen molar-refractivity contribution in [1.29, 1.82) is 0 Å². The zero-order chi connectivity index (χ0) is 13.7. The lowest BCUT2D eigenvalue weighted by molar-refractivity contribution is 0.545. The van der Waals surface area contributed by atoms with Crippen molar-refractivity contribution in [2.45, 2.75) is 32.9 Å². The number of hydrogen-bond donors (Lipinski definition) is 1. The second-order valence-electron chi connectivity index (χ2n) is 5.06. The number of benzene rings is 2.